The zero-order chi connectivity index (χ0) is 17.7. The Morgan fingerprint density at radius 2 is 2.04 bits per heavy atom. The summed E-state index contributed by atoms with van der Waals surface area (Å²) in [5, 5.41) is 8.38. The first-order chi connectivity index (χ1) is 11.5. The third-order valence-electron chi connectivity index (χ3n) is 3.80. The molecule has 2 aromatic heterocycles. The summed E-state index contributed by atoms with van der Waals surface area (Å²) in [5.74, 6) is 0.454. The molecule has 2 aromatic rings. The quantitative estimate of drug-likeness (QED) is 0.707. The van der Waals surface area contributed by atoms with Crippen LogP contribution in [-0.2, 0) is 0 Å². The molecule has 0 aliphatic carbocycles. The van der Waals surface area contributed by atoms with Crippen LogP contribution in [0.25, 0.3) is 4.96 Å². The number of nitrogens with one attached hydrogen (secondary N) is 1. The second-order valence-corrected chi connectivity index (χ2v) is 7.02. The third kappa shape index (κ3) is 4.30. The minimum absolute atomic E-state index is 0.151. The number of fused-ring (bicyclic) bond motifs is 1. The van der Waals surface area contributed by atoms with Crippen molar-refractivity contribution in [3.8, 4) is 0 Å². The molecule has 24 heavy (non-hydrogen) atoms. The van der Waals surface area contributed by atoms with Crippen molar-refractivity contribution in [2.45, 2.75) is 26.8 Å². The van der Waals surface area contributed by atoms with Crippen LogP contribution in [0.5, 0.6) is 0 Å². The summed E-state index contributed by atoms with van der Waals surface area (Å²) in [5.41, 5.74) is 0.556. The number of aryl methyl sites for hydroxylation is 1. The molecule has 0 aromatic carbocycles. The molecule has 1 N–H and O–H groups in total. The molecule has 7 heteroatoms. The van der Waals surface area contributed by atoms with Crippen LogP contribution in [0, 0.1) is 12.8 Å². The lowest BCUT2D eigenvalue weighted by Crippen LogP contribution is -2.43. The van der Waals surface area contributed by atoms with Gasteiger partial charge in [0.15, 0.2) is 0 Å². The van der Waals surface area contributed by atoms with Crippen LogP contribution in [0.1, 0.15) is 19.5 Å². The summed E-state index contributed by atoms with van der Waals surface area (Å²) < 4.78 is 1.34. The van der Waals surface area contributed by atoms with Gasteiger partial charge in [0.1, 0.15) is 0 Å². The lowest BCUT2D eigenvalue weighted by molar-refractivity contribution is 0.199. The Labute approximate surface area is 146 Å². The molecule has 0 aliphatic rings. The fourth-order valence-electron chi connectivity index (χ4n) is 2.65. The highest BCUT2D eigenvalue weighted by atomic mass is 32.1. The SMILES string of the molecule is C=CCN(CC=C)[C@@H](CNc1nn2c(=O)cc(C)nc2s1)C(C)C. The lowest BCUT2D eigenvalue weighted by Gasteiger charge is -2.33. The third-order valence-corrected chi connectivity index (χ3v) is 4.67. The van der Waals surface area contributed by atoms with Crippen LogP contribution in [0.2, 0.25) is 0 Å². The topological polar surface area (TPSA) is 62.5 Å². The van der Waals surface area contributed by atoms with Gasteiger partial charge >= 0.3 is 0 Å². The van der Waals surface area contributed by atoms with Crippen molar-refractivity contribution in [3.63, 3.8) is 0 Å². The minimum Gasteiger partial charge on any atom is -0.358 e. The van der Waals surface area contributed by atoms with Crippen molar-refractivity contribution in [1.82, 2.24) is 19.5 Å². The Kier molecular flexibility index (Phi) is 6.28. The van der Waals surface area contributed by atoms with Crippen molar-refractivity contribution < 1.29 is 0 Å². The van der Waals surface area contributed by atoms with Gasteiger partial charge in [-0.1, -0.05) is 37.3 Å². The summed E-state index contributed by atoms with van der Waals surface area (Å²) in [4.78, 5) is 19.2. The number of rotatable bonds is 9. The van der Waals surface area contributed by atoms with Gasteiger partial charge in [-0.25, -0.2) is 4.98 Å². The van der Waals surface area contributed by atoms with E-state index in [2.05, 4.69) is 47.3 Å². The van der Waals surface area contributed by atoms with Gasteiger partial charge in [-0.2, -0.15) is 4.52 Å². The van der Waals surface area contributed by atoms with Crippen molar-refractivity contribution in [2.75, 3.05) is 25.0 Å². The van der Waals surface area contributed by atoms with Crippen molar-refractivity contribution in [3.05, 3.63) is 47.4 Å². The van der Waals surface area contributed by atoms with Crippen LogP contribution in [0.4, 0.5) is 5.13 Å². The summed E-state index contributed by atoms with van der Waals surface area (Å²) >= 11 is 1.39. The molecule has 0 aliphatic heterocycles. The number of anilines is 1. The second kappa shape index (κ2) is 8.21. The molecular formula is C17H25N5OS. The van der Waals surface area contributed by atoms with Crippen molar-refractivity contribution in [1.29, 1.82) is 0 Å². The first-order valence-corrected chi connectivity index (χ1v) is 8.85. The van der Waals surface area contributed by atoms with E-state index < -0.39 is 0 Å². The Morgan fingerprint density at radius 1 is 1.38 bits per heavy atom. The number of aromatic nitrogens is 3. The normalized spacial score (nSPS) is 12.7. The van der Waals surface area contributed by atoms with E-state index in [0.29, 0.717) is 27.7 Å². The Balaban J connectivity index is 2.16. The number of hydrogen-bond acceptors (Lipinski definition) is 6. The molecule has 0 saturated heterocycles. The molecule has 0 radical (unpaired) electrons. The van der Waals surface area contributed by atoms with Crippen LogP contribution < -0.4 is 10.9 Å². The van der Waals surface area contributed by atoms with Gasteiger partial charge in [-0.3, -0.25) is 9.69 Å². The summed E-state index contributed by atoms with van der Waals surface area (Å²) in [6, 6.07) is 1.79. The average Bonchev–Trinajstić information content (AvgIpc) is 2.90. The van der Waals surface area contributed by atoms with E-state index >= 15 is 0 Å². The molecule has 0 amide bonds. The van der Waals surface area contributed by atoms with Crippen molar-refractivity contribution in [2.24, 2.45) is 5.92 Å². The molecule has 0 unspecified atom stereocenters. The summed E-state index contributed by atoms with van der Waals surface area (Å²) in [6.07, 6.45) is 3.81. The molecule has 2 rings (SSSR count). The molecule has 2 heterocycles. The highest BCUT2D eigenvalue weighted by molar-refractivity contribution is 7.20. The van der Waals surface area contributed by atoms with Crippen molar-refractivity contribution >= 4 is 21.4 Å². The Hall–Kier alpha value is -1.99. The molecule has 0 spiro atoms. The first kappa shape index (κ1) is 18.4. The van der Waals surface area contributed by atoms with Crippen LogP contribution in [0.3, 0.4) is 0 Å². The van der Waals surface area contributed by atoms with Gasteiger partial charge in [0.05, 0.1) is 0 Å². The molecular weight excluding hydrogens is 322 g/mol. The first-order valence-electron chi connectivity index (χ1n) is 8.03. The predicted molar refractivity (Wildman–Crippen MR) is 101 cm³/mol. The van der Waals surface area contributed by atoms with Gasteiger partial charge in [0, 0.05) is 37.4 Å². The fraction of sp³-hybridized carbons (Fsp3) is 0.471. The predicted octanol–water partition coefficient (Wildman–Crippen LogP) is 2.57. The smallest absolute Gasteiger partial charge is 0.275 e. The van der Waals surface area contributed by atoms with Gasteiger partial charge < -0.3 is 5.32 Å². The van der Waals surface area contributed by atoms with Crippen LogP contribution in [0.15, 0.2) is 36.2 Å². The monoisotopic (exact) mass is 347 g/mol. The number of hydrogen-bond donors (Lipinski definition) is 1. The van der Waals surface area contributed by atoms with E-state index in [1.807, 2.05) is 19.1 Å². The average molecular weight is 347 g/mol. The van der Waals surface area contributed by atoms with E-state index in [4.69, 9.17) is 0 Å². The molecule has 0 bridgehead atoms. The van der Waals surface area contributed by atoms with Crippen LogP contribution in [-0.4, -0.2) is 45.2 Å². The maximum Gasteiger partial charge on any atom is 0.275 e. The van der Waals surface area contributed by atoms with Gasteiger partial charge in [0.25, 0.3) is 5.56 Å². The molecule has 0 fully saturated rings. The van der Waals surface area contributed by atoms with E-state index in [1.54, 1.807) is 0 Å². The zero-order valence-corrected chi connectivity index (χ0v) is 15.3. The van der Waals surface area contributed by atoms with E-state index in [1.165, 1.54) is 21.9 Å². The van der Waals surface area contributed by atoms with E-state index in [0.717, 1.165) is 19.6 Å². The number of nitrogens with zero attached hydrogens (tertiary/aromatic N) is 4. The maximum absolute atomic E-state index is 11.9. The van der Waals surface area contributed by atoms with Crippen LogP contribution >= 0.6 is 11.3 Å². The summed E-state index contributed by atoms with van der Waals surface area (Å²) in [7, 11) is 0. The Morgan fingerprint density at radius 3 is 2.62 bits per heavy atom. The zero-order valence-electron chi connectivity index (χ0n) is 14.5. The molecule has 130 valence electrons. The lowest BCUT2D eigenvalue weighted by atomic mass is 10.0. The van der Waals surface area contributed by atoms with Gasteiger partial charge in [0.2, 0.25) is 10.1 Å². The molecule has 1 atom stereocenters. The van der Waals surface area contributed by atoms with E-state index in [9.17, 15) is 4.79 Å². The maximum atomic E-state index is 11.9. The second-order valence-electron chi connectivity index (χ2n) is 6.06. The fourth-order valence-corrected chi connectivity index (χ4v) is 3.50. The van der Waals surface area contributed by atoms with E-state index in [-0.39, 0.29) is 5.56 Å². The molecule has 6 nitrogen and oxygen atoms in total. The molecule has 0 saturated carbocycles. The highest BCUT2D eigenvalue weighted by Crippen LogP contribution is 2.18. The standard InChI is InChI=1S/C17H25N5OS/c1-6-8-21(9-7-2)14(12(3)4)11-18-16-20-22-15(23)10-13(5)19-17(22)24-16/h6-7,10,12,14H,1-2,8-9,11H2,3-5H3,(H,18,20)/t14-/m0/s1. The van der Waals surface area contributed by atoms with Gasteiger partial charge in [-0.15, -0.1) is 18.3 Å². The largest absolute Gasteiger partial charge is 0.358 e. The Bertz CT molecular complexity index is 754. The highest BCUT2D eigenvalue weighted by Gasteiger charge is 2.20. The minimum atomic E-state index is -0.151. The van der Waals surface area contributed by atoms with Gasteiger partial charge in [-0.05, 0) is 12.8 Å². The summed E-state index contributed by atoms with van der Waals surface area (Å²) in [6.45, 7) is 16.2.